The fraction of sp³-hybridized carbons (Fsp3) is 0.708. The highest BCUT2D eigenvalue weighted by molar-refractivity contribution is 7.80. The predicted octanol–water partition coefficient (Wildman–Crippen LogP) is 4.43. The van der Waals surface area contributed by atoms with Crippen molar-refractivity contribution in [2.75, 3.05) is 18.0 Å². The van der Waals surface area contributed by atoms with E-state index in [0.717, 1.165) is 0 Å². The Kier molecular flexibility index (Phi) is 8.16. The molecule has 0 atom stereocenters. The Balaban J connectivity index is 1.84. The van der Waals surface area contributed by atoms with E-state index >= 15 is 0 Å². The summed E-state index contributed by atoms with van der Waals surface area (Å²) in [5, 5.41) is 0. The lowest BCUT2D eigenvalue weighted by molar-refractivity contribution is -0.0388. The summed E-state index contributed by atoms with van der Waals surface area (Å²) in [4.78, 5) is 36.6. The molecule has 3 rings (SSSR count). The zero-order valence-corrected chi connectivity index (χ0v) is 22.9. The topological polar surface area (TPSA) is 120 Å². The summed E-state index contributed by atoms with van der Waals surface area (Å²) in [7, 11) is 0. The second-order valence-corrected chi connectivity index (χ2v) is 11.8. The molecule has 2 heterocycles. The second-order valence-electron chi connectivity index (χ2n) is 11.3. The van der Waals surface area contributed by atoms with E-state index in [2.05, 4.69) is 9.97 Å². The fourth-order valence-corrected chi connectivity index (χ4v) is 3.98. The van der Waals surface area contributed by atoms with Gasteiger partial charge in [0.15, 0.2) is 5.82 Å². The minimum atomic E-state index is -2.79. The van der Waals surface area contributed by atoms with Crippen molar-refractivity contribution >= 4 is 35.2 Å². The number of halogens is 2. The number of amides is 2. The molecule has 0 spiro atoms. The third-order valence-electron chi connectivity index (χ3n) is 5.59. The van der Waals surface area contributed by atoms with E-state index < -0.39 is 41.5 Å². The van der Waals surface area contributed by atoms with Gasteiger partial charge in [0.1, 0.15) is 28.1 Å². The number of ether oxygens (including phenoxy) is 3. The summed E-state index contributed by atoms with van der Waals surface area (Å²) >= 11 is 5.06. The van der Waals surface area contributed by atoms with Crippen molar-refractivity contribution in [1.29, 1.82) is 0 Å². The monoisotopic (exact) mass is 543 g/mol. The lowest BCUT2D eigenvalue weighted by atomic mass is 9.91. The van der Waals surface area contributed by atoms with Crippen molar-refractivity contribution in [3.8, 4) is 5.88 Å². The molecule has 1 saturated heterocycles. The molecule has 0 aromatic carbocycles. The Hall–Kier alpha value is -2.83. The molecular weight excluding hydrogens is 508 g/mol. The van der Waals surface area contributed by atoms with Crippen LogP contribution in [-0.4, -0.2) is 74.4 Å². The Morgan fingerprint density at radius 1 is 1.08 bits per heavy atom. The lowest BCUT2D eigenvalue weighted by Gasteiger charge is -2.39. The van der Waals surface area contributed by atoms with Crippen molar-refractivity contribution in [1.82, 2.24) is 14.9 Å². The molecule has 1 aliphatic carbocycles. The van der Waals surface area contributed by atoms with Gasteiger partial charge >= 0.3 is 12.2 Å². The van der Waals surface area contributed by atoms with Crippen LogP contribution in [0.5, 0.6) is 5.88 Å². The van der Waals surface area contributed by atoms with Crippen LogP contribution < -0.4 is 15.4 Å². The van der Waals surface area contributed by atoms with E-state index in [1.165, 1.54) is 15.9 Å². The molecule has 2 fully saturated rings. The molecule has 0 radical (unpaired) electrons. The SMILES string of the molecule is CC(C)(C)OC(=O)N1CC(Oc2cc(N(C(=O)OC(C)(C)C)C3CCC(F)(F)CC3)nc(C(N)=S)n2)C1. The molecule has 10 nitrogen and oxygen atoms in total. The molecule has 2 N–H and O–H groups in total. The van der Waals surface area contributed by atoms with Crippen molar-refractivity contribution in [3.63, 3.8) is 0 Å². The van der Waals surface area contributed by atoms with E-state index in [-0.39, 0.29) is 61.3 Å². The van der Waals surface area contributed by atoms with Crippen molar-refractivity contribution in [2.45, 2.75) is 96.5 Å². The minimum absolute atomic E-state index is 0.0412. The summed E-state index contributed by atoms with van der Waals surface area (Å²) in [6, 6.07) is 0.844. The van der Waals surface area contributed by atoms with Gasteiger partial charge in [0.25, 0.3) is 0 Å². The number of nitrogens with two attached hydrogens (primary N) is 1. The molecule has 1 aromatic rings. The van der Waals surface area contributed by atoms with Crippen molar-refractivity contribution in [2.24, 2.45) is 5.73 Å². The van der Waals surface area contributed by atoms with E-state index in [4.69, 9.17) is 32.2 Å². The first-order chi connectivity index (χ1) is 16.9. The number of nitrogens with zero attached hydrogens (tertiary/aromatic N) is 4. The normalized spacial score (nSPS) is 18.5. The second kappa shape index (κ2) is 10.5. The van der Waals surface area contributed by atoms with Crippen LogP contribution in [0.4, 0.5) is 24.2 Å². The number of hydrogen-bond acceptors (Lipinski definition) is 8. The molecule has 0 unspecified atom stereocenters. The highest BCUT2D eigenvalue weighted by Gasteiger charge is 2.41. The van der Waals surface area contributed by atoms with Gasteiger partial charge in [0, 0.05) is 24.9 Å². The van der Waals surface area contributed by atoms with Gasteiger partial charge < -0.3 is 24.8 Å². The highest BCUT2D eigenvalue weighted by Crippen LogP contribution is 2.37. The van der Waals surface area contributed by atoms with Gasteiger partial charge in [-0.2, -0.15) is 4.98 Å². The Bertz CT molecular complexity index is 1030. The standard InChI is InChI=1S/C24H35F2N5O5S/c1-22(2,3)35-20(32)30-12-15(13-30)34-17-11-16(28-19(29-17)18(27)37)31(21(33)36-23(4,5)6)14-7-9-24(25,26)10-8-14/h11,14-15H,7-10,12-13H2,1-6H3,(H2,27,37). The Morgan fingerprint density at radius 2 is 1.65 bits per heavy atom. The third-order valence-corrected chi connectivity index (χ3v) is 5.77. The first kappa shape index (κ1) is 28.7. The van der Waals surface area contributed by atoms with Crippen LogP contribution in [0.1, 0.15) is 73.1 Å². The maximum Gasteiger partial charge on any atom is 0.416 e. The maximum atomic E-state index is 13.9. The zero-order valence-electron chi connectivity index (χ0n) is 22.0. The van der Waals surface area contributed by atoms with Gasteiger partial charge in [-0.15, -0.1) is 0 Å². The van der Waals surface area contributed by atoms with Crippen LogP contribution in [0.25, 0.3) is 0 Å². The molecular formula is C24H35F2N5O5S. The molecule has 37 heavy (non-hydrogen) atoms. The summed E-state index contributed by atoms with van der Waals surface area (Å²) in [6.07, 6.45) is -2.19. The van der Waals surface area contributed by atoms with E-state index in [1.807, 2.05) is 0 Å². The van der Waals surface area contributed by atoms with Gasteiger partial charge in [-0.1, -0.05) is 12.2 Å². The molecule has 0 bridgehead atoms. The van der Waals surface area contributed by atoms with Crippen LogP contribution in [0, 0.1) is 0 Å². The molecule has 2 aliphatic rings. The summed E-state index contributed by atoms with van der Waals surface area (Å²) in [6.45, 7) is 11.0. The molecule has 2 amide bonds. The minimum Gasteiger partial charge on any atom is -0.470 e. The fourth-order valence-electron chi connectivity index (χ4n) is 3.89. The number of carbonyl (C=O) groups is 2. The number of hydrogen-bond donors (Lipinski definition) is 1. The predicted molar refractivity (Wildman–Crippen MR) is 136 cm³/mol. The van der Waals surface area contributed by atoms with Gasteiger partial charge in [-0.25, -0.2) is 23.4 Å². The molecule has 1 saturated carbocycles. The van der Waals surface area contributed by atoms with Crippen LogP contribution in [-0.2, 0) is 9.47 Å². The number of rotatable bonds is 5. The quantitative estimate of drug-likeness (QED) is 0.538. The molecule has 1 aliphatic heterocycles. The van der Waals surface area contributed by atoms with Crippen LogP contribution in [0.2, 0.25) is 0 Å². The maximum absolute atomic E-state index is 13.9. The van der Waals surface area contributed by atoms with E-state index in [9.17, 15) is 18.4 Å². The number of aromatic nitrogens is 2. The number of thiocarbonyl (C=S) groups is 1. The van der Waals surface area contributed by atoms with E-state index in [0.29, 0.717) is 0 Å². The van der Waals surface area contributed by atoms with Gasteiger partial charge in [-0.05, 0) is 54.4 Å². The lowest BCUT2D eigenvalue weighted by Crippen LogP contribution is -2.57. The van der Waals surface area contributed by atoms with Crippen LogP contribution >= 0.6 is 12.2 Å². The van der Waals surface area contributed by atoms with Crippen LogP contribution in [0.15, 0.2) is 6.07 Å². The van der Waals surface area contributed by atoms with Crippen LogP contribution in [0.3, 0.4) is 0 Å². The first-order valence-electron chi connectivity index (χ1n) is 12.2. The molecule has 206 valence electrons. The smallest absolute Gasteiger partial charge is 0.416 e. The molecule has 13 heteroatoms. The highest BCUT2D eigenvalue weighted by atomic mass is 32.1. The van der Waals surface area contributed by atoms with E-state index in [1.54, 1.807) is 41.5 Å². The summed E-state index contributed by atoms with van der Waals surface area (Å²) < 4.78 is 44.6. The molecule has 1 aromatic heterocycles. The third kappa shape index (κ3) is 8.08. The number of carbonyl (C=O) groups excluding carboxylic acids is 2. The Labute approximate surface area is 220 Å². The summed E-state index contributed by atoms with van der Waals surface area (Å²) in [5.41, 5.74) is 4.34. The average molecular weight is 544 g/mol. The Morgan fingerprint density at radius 3 is 2.16 bits per heavy atom. The number of likely N-dealkylation sites (tertiary alicyclic amines) is 1. The van der Waals surface area contributed by atoms with Gasteiger partial charge in [0.2, 0.25) is 11.8 Å². The number of anilines is 1. The summed E-state index contributed by atoms with van der Waals surface area (Å²) in [5.74, 6) is -2.66. The first-order valence-corrected chi connectivity index (χ1v) is 12.6. The van der Waals surface area contributed by atoms with Crippen molar-refractivity contribution in [3.05, 3.63) is 11.9 Å². The van der Waals surface area contributed by atoms with Crippen molar-refractivity contribution < 1.29 is 32.6 Å². The largest absolute Gasteiger partial charge is 0.470 e. The zero-order chi connectivity index (χ0) is 27.8. The number of alkyl halides is 2. The van der Waals surface area contributed by atoms with Gasteiger partial charge in [-0.3, -0.25) is 4.90 Å². The van der Waals surface area contributed by atoms with Gasteiger partial charge in [0.05, 0.1) is 13.1 Å². The average Bonchev–Trinajstić information content (AvgIpc) is 2.69.